The van der Waals surface area contributed by atoms with Crippen molar-refractivity contribution < 1.29 is 13.7 Å². The molecule has 3 atom stereocenters. The number of rotatable bonds is 5. The average Bonchev–Trinajstić information content (AvgIpc) is 3.03. The number of hydrogen-bond donors (Lipinski definition) is 1. The lowest BCUT2D eigenvalue weighted by Crippen LogP contribution is -2.52. The van der Waals surface area contributed by atoms with Crippen LogP contribution in [0.4, 0.5) is 10.1 Å². The van der Waals surface area contributed by atoms with Gasteiger partial charge in [-0.25, -0.2) is 9.18 Å². The van der Waals surface area contributed by atoms with E-state index < -0.39 is 22.7 Å². The summed E-state index contributed by atoms with van der Waals surface area (Å²) in [5.41, 5.74) is -0.904. The molecule has 1 aromatic heterocycles. The Kier molecular flexibility index (Phi) is 4.25. The third-order valence-electron chi connectivity index (χ3n) is 6.20. The number of amides is 1. The molecule has 1 aliphatic carbocycles. The van der Waals surface area contributed by atoms with Crippen LogP contribution in [0.5, 0.6) is 0 Å². The highest BCUT2D eigenvalue weighted by atomic mass is 19.1. The molecule has 2 aliphatic rings. The third-order valence-corrected chi connectivity index (χ3v) is 6.20. The summed E-state index contributed by atoms with van der Waals surface area (Å²) in [6.45, 7) is 7.21. The van der Waals surface area contributed by atoms with E-state index in [9.17, 15) is 14.0 Å². The summed E-state index contributed by atoms with van der Waals surface area (Å²) in [5, 5.41) is 3.88. The molecule has 1 saturated carbocycles. The van der Waals surface area contributed by atoms with Crippen LogP contribution >= 0.6 is 0 Å². The number of para-hydroxylation sites is 1. The summed E-state index contributed by atoms with van der Waals surface area (Å²) in [6, 6.07) is 9.22. The molecule has 2 heterocycles. The van der Waals surface area contributed by atoms with Gasteiger partial charge in [-0.05, 0) is 37.8 Å². The van der Waals surface area contributed by atoms with E-state index in [2.05, 4.69) is 16.7 Å². The average molecular weight is 398 g/mol. The fourth-order valence-electron chi connectivity index (χ4n) is 4.33. The lowest BCUT2D eigenvalue weighted by atomic mass is 9.94. The topological polar surface area (TPSA) is 82.4 Å². The third kappa shape index (κ3) is 2.73. The van der Waals surface area contributed by atoms with E-state index in [4.69, 9.17) is 4.52 Å². The predicted molar refractivity (Wildman–Crippen MR) is 106 cm³/mol. The first-order valence-corrected chi connectivity index (χ1v) is 9.47. The van der Waals surface area contributed by atoms with Gasteiger partial charge in [0.05, 0.1) is 5.54 Å². The molecule has 8 heteroatoms. The first kappa shape index (κ1) is 19.2. The van der Waals surface area contributed by atoms with Crippen molar-refractivity contribution in [1.29, 1.82) is 0 Å². The number of H-pyrrole nitrogens is 1. The van der Waals surface area contributed by atoms with Crippen molar-refractivity contribution in [2.24, 2.45) is 5.92 Å². The van der Waals surface area contributed by atoms with Crippen LogP contribution in [0.3, 0.4) is 0 Å². The van der Waals surface area contributed by atoms with Crippen LogP contribution in [-0.2, 0) is 10.3 Å². The second-order valence-electron chi connectivity index (χ2n) is 7.98. The molecule has 1 unspecified atom stereocenters. The molecular formula is C21H23FN4O3. The van der Waals surface area contributed by atoms with E-state index in [0.717, 1.165) is 5.69 Å². The summed E-state index contributed by atoms with van der Waals surface area (Å²) in [7, 11) is 1.68. The number of carbonyl (C=O) groups is 1. The van der Waals surface area contributed by atoms with Gasteiger partial charge in [-0.15, -0.1) is 0 Å². The highest BCUT2D eigenvalue weighted by molar-refractivity contribution is 6.05. The van der Waals surface area contributed by atoms with Crippen molar-refractivity contribution >= 4 is 11.6 Å². The van der Waals surface area contributed by atoms with Gasteiger partial charge in [0.15, 0.2) is 5.82 Å². The number of halogens is 1. The normalized spacial score (nSPS) is 28.2. The highest BCUT2D eigenvalue weighted by Gasteiger charge is 2.66. The monoisotopic (exact) mass is 398 g/mol. The van der Waals surface area contributed by atoms with Crippen molar-refractivity contribution in [3.8, 4) is 0 Å². The number of aromatic amines is 1. The molecule has 0 radical (unpaired) electrons. The summed E-state index contributed by atoms with van der Waals surface area (Å²) in [6.07, 6.45) is 2.61. The van der Waals surface area contributed by atoms with Gasteiger partial charge in [-0.2, -0.15) is 0 Å². The molecule has 4 rings (SSSR count). The Bertz CT molecular complexity index is 1060. The van der Waals surface area contributed by atoms with E-state index >= 15 is 0 Å². The Balaban J connectivity index is 1.79. The lowest BCUT2D eigenvalue weighted by Gasteiger charge is -2.43. The van der Waals surface area contributed by atoms with Gasteiger partial charge in [-0.3, -0.25) is 14.3 Å². The molecule has 1 fully saturated rings. The van der Waals surface area contributed by atoms with E-state index in [0.29, 0.717) is 17.9 Å². The highest BCUT2D eigenvalue weighted by Crippen LogP contribution is 2.61. The number of likely N-dealkylation sites (N-methyl/N-ethyl adjacent to an activating group) is 1. The number of carbonyl (C=O) groups excluding carboxylic acids is 1. The maximum atomic E-state index is 14.7. The zero-order chi connectivity index (χ0) is 21.0. The number of anilines is 1. The first-order chi connectivity index (χ1) is 13.7. The number of hydrogen-bond acceptors (Lipinski definition) is 5. The molecular weight excluding hydrogens is 375 g/mol. The molecule has 7 nitrogen and oxygen atoms in total. The van der Waals surface area contributed by atoms with Gasteiger partial charge in [0, 0.05) is 12.7 Å². The van der Waals surface area contributed by atoms with Gasteiger partial charge in [0.25, 0.3) is 5.91 Å². The van der Waals surface area contributed by atoms with E-state index in [-0.39, 0.29) is 18.2 Å². The number of nitrogens with zero attached hydrogens (tertiary/aromatic N) is 3. The minimum absolute atomic E-state index is 0.0262. The zero-order valence-electron chi connectivity index (χ0n) is 16.6. The quantitative estimate of drug-likeness (QED) is 0.837. The van der Waals surface area contributed by atoms with Crippen LogP contribution in [0.2, 0.25) is 0 Å². The SMILES string of the molecule is C=C(F)C1(C)CC=C(C(=O)N(C)c2ccccc2)N1[C@@]1(c2noc(=O)[nH]2)C[C@@H]1C. The van der Waals surface area contributed by atoms with Gasteiger partial charge >= 0.3 is 5.76 Å². The van der Waals surface area contributed by atoms with E-state index in [1.807, 2.05) is 37.3 Å². The minimum Gasteiger partial charge on any atom is -0.342 e. The fourth-order valence-corrected chi connectivity index (χ4v) is 4.33. The van der Waals surface area contributed by atoms with Gasteiger partial charge < -0.3 is 9.80 Å². The lowest BCUT2D eigenvalue weighted by molar-refractivity contribution is -0.117. The maximum Gasteiger partial charge on any atom is 0.438 e. The van der Waals surface area contributed by atoms with Crippen LogP contribution in [0.25, 0.3) is 0 Å². The Morgan fingerprint density at radius 2 is 2.07 bits per heavy atom. The molecule has 1 aromatic carbocycles. The van der Waals surface area contributed by atoms with E-state index in [1.165, 1.54) is 4.90 Å². The molecule has 1 N–H and O–H groups in total. The summed E-state index contributed by atoms with van der Waals surface area (Å²) in [4.78, 5) is 30.9. The standard InChI is InChI=1S/C21H23FN4O3/c1-13-12-21(13,18-23-19(28)29-24-18)26-16(10-11-20(26,3)14(2)22)17(27)25(4)15-8-6-5-7-9-15/h5-10,13H,2,11-12H2,1,3-4H3,(H,23,24,28)/t13-,20?,21-/m0/s1. The molecule has 29 heavy (non-hydrogen) atoms. The summed E-state index contributed by atoms with van der Waals surface area (Å²) >= 11 is 0. The second kappa shape index (κ2) is 6.43. The van der Waals surface area contributed by atoms with Crippen LogP contribution in [-0.4, -0.2) is 33.5 Å². The minimum atomic E-state index is -1.14. The Morgan fingerprint density at radius 1 is 1.41 bits per heavy atom. The molecule has 0 spiro atoms. The van der Waals surface area contributed by atoms with Crippen molar-refractivity contribution in [2.75, 3.05) is 11.9 Å². The predicted octanol–water partition coefficient (Wildman–Crippen LogP) is 3.09. The first-order valence-electron chi connectivity index (χ1n) is 9.47. The summed E-state index contributed by atoms with van der Waals surface area (Å²) < 4.78 is 19.4. The summed E-state index contributed by atoms with van der Waals surface area (Å²) in [5.74, 6) is -1.19. The Labute approximate surface area is 167 Å². The molecule has 0 saturated heterocycles. The molecule has 1 aliphatic heterocycles. The van der Waals surface area contributed by atoms with Crippen molar-refractivity contribution in [1.82, 2.24) is 15.0 Å². The largest absolute Gasteiger partial charge is 0.438 e. The maximum absolute atomic E-state index is 14.7. The number of aromatic nitrogens is 2. The van der Waals surface area contributed by atoms with Gasteiger partial charge in [0.1, 0.15) is 17.1 Å². The van der Waals surface area contributed by atoms with Crippen molar-refractivity contribution in [3.05, 3.63) is 70.9 Å². The molecule has 0 bridgehead atoms. The van der Waals surface area contributed by atoms with Gasteiger partial charge in [-0.1, -0.05) is 42.9 Å². The van der Waals surface area contributed by atoms with Crippen molar-refractivity contribution in [3.63, 3.8) is 0 Å². The second-order valence-corrected chi connectivity index (χ2v) is 7.98. The van der Waals surface area contributed by atoms with Crippen LogP contribution < -0.4 is 10.7 Å². The van der Waals surface area contributed by atoms with Crippen LogP contribution in [0.15, 0.2) is 63.8 Å². The zero-order valence-corrected chi connectivity index (χ0v) is 16.6. The number of benzene rings is 1. The smallest absolute Gasteiger partial charge is 0.342 e. The van der Waals surface area contributed by atoms with Gasteiger partial charge in [0.2, 0.25) is 0 Å². The fraction of sp³-hybridized carbons (Fsp3) is 0.381. The molecule has 2 aromatic rings. The Hall–Kier alpha value is -3.16. The van der Waals surface area contributed by atoms with Crippen LogP contribution in [0, 0.1) is 5.92 Å². The number of nitrogens with one attached hydrogen (secondary N) is 1. The van der Waals surface area contributed by atoms with E-state index in [1.54, 1.807) is 24.9 Å². The Morgan fingerprint density at radius 3 is 2.59 bits per heavy atom. The van der Waals surface area contributed by atoms with Crippen LogP contribution in [0.1, 0.15) is 32.5 Å². The van der Waals surface area contributed by atoms with Crippen molar-refractivity contribution in [2.45, 2.75) is 37.8 Å². The molecule has 152 valence electrons. The molecule has 1 amide bonds.